The zero-order valence-electron chi connectivity index (χ0n) is 20.0. The molecule has 35 heavy (non-hydrogen) atoms. The van der Waals surface area contributed by atoms with Crippen LogP contribution in [-0.2, 0) is 11.3 Å². The fraction of sp³-hybridized carbons (Fsp3) is 0.440. The molecule has 2 aromatic carbocycles. The zero-order chi connectivity index (χ0) is 24.5. The van der Waals surface area contributed by atoms with Crippen LogP contribution in [0.25, 0.3) is 10.9 Å². The Balaban J connectivity index is 1.39. The lowest BCUT2D eigenvalue weighted by molar-refractivity contribution is -0.383. The second-order valence-electron chi connectivity index (χ2n) is 8.37. The molecule has 0 saturated carbocycles. The maximum absolute atomic E-state index is 11.6. The summed E-state index contributed by atoms with van der Waals surface area (Å²) in [6.07, 6.45) is 3.53. The number of benzene rings is 2. The van der Waals surface area contributed by atoms with E-state index in [0.29, 0.717) is 42.1 Å². The fourth-order valence-electron chi connectivity index (χ4n) is 4.13. The first-order valence-electron chi connectivity index (χ1n) is 12.1. The van der Waals surface area contributed by atoms with Gasteiger partial charge in [0.25, 0.3) is 5.69 Å². The largest absolute Gasteiger partial charge is 0.493 e. The number of aromatic nitrogens is 2. The number of hydrogen-bond donors (Lipinski definition) is 2. The van der Waals surface area contributed by atoms with Crippen LogP contribution >= 0.6 is 0 Å². The number of nitrogens with zero attached hydrogens (tertiary/aromatic N) is 4. The van der Waals surface area contributed by atoms with Gasteiger partial charge in [-0.3, -0.25) is 15.0 Å². The molecule has 1 saturated heterocycles. The van der Waals surface area contributed by atoms with Crippen molar-refractivity contribution in [1.82, 2.24) is 14.9 Å². The van der Waals surface area contributed by atoms with Crippen LogP contribution in [0, 0.1) is 10.1 Å². The van der Waals surface area contributed by atoms with Gasteiger partial charge in [0.2, 0.25) is 0 Å². The normalized spacial score (nSPS) is 14.1. The van der Waals surface area contributed by atoms with Crippen molar-refractivity contribution < 1.29 is 14.4 Å². The van der Waals surface area contributed by atoms with Crippen LogP contribution in [-0.4, -0.2) is 65.8 Å². The molecule has 0 atom stereocenters. The summed E-state index contributed by atoms with van der Waals surface area (Å²) in [5.74, 6) is 1.37. The van der Waals surface area contributed by atoms with Gasteiger partial charge in [-0.25, -0.2) is 9.97 Å². The van der Waals surface area contributed by atoms with Gasteiger partial charge in [-0.1, -0.05) is 18.2 Å². The molecule has 10 nitrogen and oxygen atoms in total. The van der Waals surface area contributed by atoms with E-state index in [1.165, 1.54) is 12.4 Å². The smallest absolute Gasteiger partial charge is 0.293 e. The maximum atomic E-state index is 11.6. The molecule has 3 aromatic rings. The van der Waals surface area contributed by atoms with Gasteiger partial charge in [0, 0.05) is 43.2 Å². The number of hydrogen-bond acceptors (Lipinski definition) is 9. The van der Waals surface area contributed by atoms with Crippen molar-refractivity contribution in [3.63, 3.8) is 0 Å². The predicted molar refractivity (Wildman–Crippen MR) is 136 cm³/mol. The van der Waals surface area contributed by atoms with Gasteiger partial charge in [0.15, 0.2) is 0 Å². The van der Waals surface area contributed by atoms with Gasteiger partial charge in [-0.2, -0.15) is 0 Å². The number of nitrogens with one attached hydrogen (secondary N) is 2. The summed E-state index contributed by atoms with van der Waals surface area (Å²) < 4.78 is 11.5. The van der Waals surface area contributed by atoms with Crippen molar-refractivity contribution in [2.45, 2.75) is 26.3 Å². The molecule has 1 aliphatic rings. The highest BCUT2D eigenvalue weighted by Crippen LogP contribution is 2.32. The fourth-order valence-corrected chi connectivity index (χ4v) is 4.13. The highest BCUT2D eigenvalue weighted by Gasteiger charge is 2.17. The summed E-state index contributed by atoms with van der Waals surface area (Å²) in [6.45, 7) is 8.32. The number of unbranched alkanes of at least 4 members (excludes halogenated alkanes) is 1. The first-order chi connectivity index (χ1) is 17.2. The minimum atomic E-state index is -0.392. The minimum absolute atomic E-state index is 0.00184. The lowest BCUT2D eigenvalue weighted by atomic mass is 10.1. The summed E-state index contributed by atoms with van der Waals surface area (Å²) in [5, 5.41) is 18.5. The monoisotopic (exact) mass is 480 g/mol. The van der Waals surface area contributed by atoms with Crippen molar-refractivity contribution in [2.75, 3.05) is 56.6 Å². The van der Waals surface area contributed by atoms with E-state index in [0.717, 1.165) is 57.0 Å². The van der Waals surface area contributed by atoms with Crippen LogP contribution in [0.5, 0.6) is 5.75 Å². The number of para-hydroxylation sites is 1. The van der Waals surface area contributed by atoms with E-state index in [1.807, 2.05) is 31.2 Å². The van der Waals surface area contributed by atoms with E-state index in [-0.39, 0.29) is 5.69 Å². The van der Waals surface area contributed by atoms with Crippen LogP contribution in [0.3, 0.4) is 0 Å². The molecular weight excluding hydrogens is 448 g/mol. The summed E-state index contributed by atoms with van der Waals surface area (Å²) in [6, 6.07) is 11.1. The lowest BCUT2D eigenvalue weighted by Crippen LogP contribution is -2.36. The molecule has 0 unspecified atom stereocenters. The molecule has 10 heteroatoms. The molecule has 0 bridgehead atoms. The number of anilines is 2. The van der Waals surface area contributed by atoms with Crippen molar-refractivity contribution in [3.8, 4) is 5.75 Å². The van der Waals surface area contributed by atoms with E-state index in [2.05, 4.69) is 25.5 Å². The molecular formula is C25H32N6O4. The number of rotatable bonds is 12. The van der Waals surface area contributed by atoms with E-state index >= 15 is 0 Å². The maximum Gasteiger partial charge on any atom is 0.293 e. The van der Waals surface area contributed by atoms with Gasteiger partial charge in [-0.15, -0.1) is 0 Å². The van der Waals surface area contributed by atoms with Gasteiger partial charge < -0.3 is 20.1 Å². The van der Waals surface area contributed by atoms with Crippen molar-refractivity contribution in [1.29, 1.82) is 0 Å². The molecule has 0 aliphatic carbocycles. The third kappa shape index (κ3) is 6.55. The topological polar surface area (TPSA) is 115 Å². The summed E-state index contributed by atoms with van der Waals surface area (Å²) in [5.41, 5.74) is 2.07. The molecule has 0 spiro atoms. The molecule has 0 amide bonds. The van der Waals surface area contributed by atoms with Crippen LogP contribution in [0.2, 0.25) is 0 Å². The Kier molecular flexibility index (Phi) is 8.63. The second-order valence-corrected chi connectivity index (χ2v) is 8.37. The molecule has 2 heterocycles. The number of nitro benzene ring substituents is 1. The molecule has 1 fully saturated rings. The average molecular weight is 481 g/mol. The second kappa shape index (κ2) is 12.3. The van der Waals surface area contributed by atoms with Gasteiger partial charge in [0.1, 0.15) is 23.6 Å². The molecule has 1 aliphatic heterocycles. The van der Waals surface area contributed by atoms with Gasteiger partial charge >= 0.3 is 0 Å². The Bertz CT molecular complexity index is 1140. The Morgan fingerprint density at radius 2 is 1.97 bits per heavy atom. The Labute approximate surface area is 204 Å². The van der Waals surface area contributed by atoms with Crippen molar-refractivity contribution in [3.05, 3.63) is 58.4 Å². The summed E-state index contributed by atoms with van der Waals surface area (Å²) in [4.78, 5) is 22.3. The average Bonchev–Trinajstić information content (AvgIpc) is 2.88. The Hall–Kier alpha value is -3.50. The third-order valence-electron chi connectivity index (χ3n) is 5.97. The Morgan fingerprint density at radius 1 is 1.14 bits per heavy atom. The van der Waals surface area contributed by atoms with Gasteiger partial charge in [0.05, 0.1) is 30.3 Å². The Morgan fingerprint density at radius 3 is 2.77 bits per heavy atom. The summed E-state index contributed by atoms with van der Waals surface area (Å²) in [7, 11) is 0. The number of ether oxygens (including phenoxy) is 2. The number of fused-ring (bicyclic) bond motifs is 1. The van der Waals surface area contributed by atoms with Crippen LogP contribution in [0.4, 0.5) is 17.2 Å². The van der Waals surface area contributed by atoms with Crippen molar-refractivity contribution in [2.24, 2.45) is 0 Å². The standard InChI is InChI=1S/C25H32N6O4/c1-2-26-22-16-21-20(15-23(22)31(32)33)25(29-18-28-21)27-17-19-7-3-4-8-24(19)35-12-6-5-9-30-10-13-34-14-11-30/h3-4,7-8,15-16,18,26H,2,5-6,9-14,17H2,1H3,(H,27,28,29). The van der Waals surface area contributed by atoms with E-state index in [4.69, 9.17) is 9.47 Å². The minimum Gasteiger partial charge on any atom is -0.493 e. The van der Waals surface area contributed by atoms with Crippen LogP contribution < -0.4 is 15.4 Å². The third-order valence-corrected chi connectivity index (χ3v) is 5.97. The van der Waals surface area contributed by atoms with E-state index in [9.17, 15) is 10.1 Å². The first-order valence-corrected chi connectivity index (χ1v) is 12.1. The lowest BCUT2D eigenvalue weighted by Gasteiger charge is -2.26. The molecule has 0 radical (unpaired) electrons. The van der Waals surface area contributed by atoms with Crippen molar-refractivity contribution >= 4 is 28.1 Å². The zero-order valence-corrected chi connectivity index (χ0v) is 20.0. The van der Waals surface area contributed by atoms with Gasteiger partial charge in [-0.05, 0) is 38.4 Å². The molecule has 186 valence electrons. The van der Waals surface area contributed by atoms with Crippen LogP contribution in [0.1, 0.15) is 25.3 Å². The quantitative estimate of drug-likeness (QED) is 0.225. The highest BCUT2D eigenvalue weighted by atomic mass is 16.6. The number of nitro groups is 1. The molecule has 4 rings (SSSR count). The SMILES string of the molecule is CCNc1cc2ncnc(NCc3ccccc3OCCCCN3CCOCC3)c2cc1[N+](=O)[O-]. The number of morpholine rings is 1. The molecule has 2 N–H and O–H groups in total. The van der Waals surface area contributed by atoms with Crippen LogP contribution in [0.15, 0.2) is 42.7 Å². The highest BCUT2D eigenvalue weighted by molar-refractivity contribution is 5.94. The first kappa shape index (κ1) is 24.6. The summed E-state index contributed by atoms with van der Waals surface area (Å²) >= 11 is 0. The van der Waals surface area contributed by atoms with E-state index < -0.39 is 4.92 Å². The molecule has 1 aromatic heterocycles. The van der Waals surface area contributed by atoms with E-state index in [1.54, 1.807) is 6.07 Å². The predicted octanol–water partition coefficient (Wildman–Crippen LogP) is 4.07.